The van der Waals surface area contributed by atoms with Crippen molar-refractivity contribution in [3.63, 3.8) is 0 Å². The van der Waals surface area contributed by atoms with Gasteiger partial charge in [0.05, 0.1) is 0 Å². The molecule has 0 bridgehead atoms. The Kier molecular flexibility index (Phi) is 3.43. The minimum atomic E-state index is -0.765. The number of aromatic nitrogens is 1. The smallest absolute Gasteiger partial charge is 0.268 e. The highest BCUT2D eigenvalue weighted by atomic mass is 35.5. The third kappa shape index (κ3) is 2.09. The summed E-state index contributed by atoms with van der Waals surface area (Å²) in [5.41, 5.74) is 4.32. The molecule has 5 nitrogen and oxygen atoms in total. The molecule has 2 rings (SSSR count). The van der Waals surface area contributed by atoms with Gasteiger partial charge in [0, 0.05) is 16.1 Å². The lowest BCUT2D eigenvalue weighted by molar-refractivity contribution is 0.628. The molecule has 0 radical (unpaired) electrons. The average molecular weight is 289 g/mol. The van der Waals surface area contributed by atoms with Gasteiger partial charge >= 0.3 is 0 Å². The molecule has 0 atom stereocenters. The van der Waals surface area contributed by atoms with Crippen LogP contribution in [0.2, 0.25) is 5.02 Å². The van der Waals surface area contributed by atoms with Gasteiger partial charge in [-0.3, -0.25) is 4.79 Å². The first-order chi connectivity index (χ1) is 9.49. The van der Waals surface area contributed by atoms with Gasteiger partial charge < -0.3 is 10.7 Å². The maximum Gasteiger partial charge on any atom is 0.268 e. The van der Waals surface area contributed by atoms with Crippen LogP contribution >= 0.6 is 11.6 Å². The molecule has 0 spiro atoms. The van der Waals surface area contributed by atoms with Crippen LogP contribution in [0, 0.1) is 28.5 Å². The molecule has 0 saturated carbocycles. The molecule has 7 heteroatoms. The van der Waals surface area contributed by atoms with Crippen LogP contribution in [0.3, 0.4) is 0 Å². The summed E-state index contributed by atoms with van der Waals surface area (Å²) in [5.74, 6) is -0.817. The molecule has 1 heterocycles. The van der Waals surface area contributed by atoms with E-state index in [1.165, 1.54) is 6.07 Å². The Morgan fingerprint density at radius 3 is 2.50 bits per heavy atom. The molecule has 1 aromatic carbocycles. The number of hydrogen-bond acceptors (Lipinski definition) is 4. The summed E-state index contributed by atoms with van der Waals surface area (Å²) in [5, 5.41) is 18.3. The zero-order valence-electron chi connectivity index (χ0n) is 9.87. The fourth-order valence-corrected chi connectivity index (χ4v) is 2.01. The van der Waals surface area contributed by atoms with E-state index in [4.69, 9.17) is 27.9 Å². The Morgan fingerprint density at radius 2 is 1.90 bits per heavy atom. The second kappa shape index (κ2) is 5.04. The molecule has 0 aliphatic rings. The van der Waals surface area contributed by atoms with Crippen LogP contribution < -0.4 is 11.3 Å². The van der Waals surface area contributed by atoms with Crippen LogP contribution in [0.25, 0.3) is 11.1 Å². The lowest BCUT2D eigenvalue weighted by atomic mass is 9.96. The van der Waals surface area contributed by atoms with Crippen molar-refractivity contribution >= 4 is 17.4 Å². The summed E-state index contributed by atoms with van der Waals surface area (Å²) in [6.07, 6.45) is 0. The van der Waals surface area contributed by atoms with E-state index in [1.54, 1.807) is 12.1 Å². The number of H-pyrrole nitrogens is 1. The van der Waals surface area contributed by atoms with Gasteiger partial charge in [-0.25, -0.2) is 4.39 Å². The van der Waals surface area contributed by atoms with Gasteiger partial charge in [-0.15, -0.1) is 0 Å². The number of nitrogens with one attached hydrogen (secondary N) is 1. The van der Waals surface area contributed by atoms with Crippen LogP contribution in [0.15, 0.2) is 23.0 Å². The lowest BCUT2D eigenvalue weighted by Gasteiger charge is -2.10. The largest absolute Gasteiger partial charge is 0.384 e. The van der Waals surface area contributed by atoms with E-state index >= 15 is 0 Å². The van der Waals surface area contributed by atoms with Crippen LogP contribution in [0.4, 0.5) is 10.2 Å². The van der Waals surface area contributed by atoms with Crippen molar-refractivity contribution in [1.29, 1.82) is 10.5 Å². The van der Waals surface area contributed by atoms with E-state index in [0.717, 1.165) is 12.1 Å². The Labute approximate surface area is 117 Å². The molecular weight excluding hydrogens is 283 g/mol. The van der Waals surface area contributed by atoms with Crippen molar-refractivity contribution in [2.75, 3.05) is 5.73 Å². The maximum atomic E-state index is 13.4. The van der Waals surface area contributed by atoms with Crippen LogP contribution in [0.1, 0.15) is 11.1 Å². The Morgan fingerprint density at radius 1 is 1.25 bits per heavy atom. The summed E-state index contributed by atoms with van der Waals surface area (Å²) in [4.78, 5) is 13.9. The predicted molar refractivity (Wildman–Crippen MR) is 71.3 cm³/mol. The highest BCUT2D eigenvalue weighted by Gasteiger charge is 2.20. The maximum absolute atomic E-state index is 13.4. The van der Waals surface area contributed by atoms with Gasteiger partial charge in [0.15, 0.2) is 0 Å². The van der Waals surface area contributed by atoms with Gasteiger partial charge in [0.2, 0.25) is 0 Å². The SMILES string of the molecule is N#Cc1c(N)[nH]c(=O)c(C#N)c1-c1cc(F)ccc1Cl. The molecule has 3 N–H and O–H groups in total. The number of nitrogen functional groups attached to an aromatic ring is 1. The summed E-state index contributed by atoms with van der Waals surface area (Å²) in [6.45, 7) is 0. The van der Waals surface area contributed by atoms with Crippen LogP contribution in [0.5, 0.6) is 0 Å². The number of nitriles is 2. The van der Waals surface area contributed by atoms with E-state index in [-0.39, 0.29) is 33.1 Å². The molecule has 0 aliphatic heterocycles. The minimum Gasteiger partial charge on any atom is -0.384 e. The highest BCUT2D eigenvalue weighted by molar-refractivity contribution is 6.33. The number of rotatable bonds is 1. The molecular formula is C13H6ClFN4O. The van der Waals surface area contributed by atoms with E-state index in [1.807, 2.05) is 0 Å². The van der Waals surface area contributed by atoms with Gasteiger partial charge in [-0.2, -0.15) is 10.5 Å². The van der Waals surface area contributed by atoms with Crippen LogP contribution in [-0.2, 0) is 0 Å². The summed E-state index contributed by atoms with van der Waals surface area (Å²) in [6, 6.07) is 6.90. The molecule has 0 aliphatic carbocycles. The zero-order valence-corrected chi connectivity index (χ0v) is 10.6. The average Bonchev–Trinajstić information content (AvgIpc) is 2.41. The molecule has 0 saturated heterocycles. The monoisotopic (exact) mass is 288 g/mol. The highest BCUT2D eigenvalue weighted by Crippen LogP contribution is 2.33. The number of pyridine rings is 1. The summed E-state index contributed by atoms with van der Waals surface area (Å²) in [7, 11) is 0. The number of benzene rings is 1. The first-order valence-electron chi connectivity index (χ1n) is 5.31. The zero-order chi connectivity index (χ0) is 14.9. The third-order valence-corrected chi connectivity index (χ3v) is 3.00. The molecule has 0 amide bonds. The summed E-state index contributed by atoms with van der Waals surface area (Å²) < 4.78 is 13.4. The van der Waals surface area contributed by atoms with Gasteiger partial charge in [0.1, 0.15) is 34.9 Å². The standard InChI is InChI=1S/C13H6ClFN4O/c14-10-2-1-6(15)3-7(10)11-8(4-16)12(18)19-13(20)9(11)5-17/h1-3H,(H3,18,19,20). The van der Waals surface area contributed by atoms with Crippen molar-refractivity contribution in [3.05, 3.63) is 50.5 Å². The van der Waals surface area contributed by atoms with Crippen molar-refractivity contribution in [3.8, 4) is 23.3 Å². The minimum absolute atomic E-state index is 0.0672. The third-order valence-electron chi connectivity index (χ3n) is 2.67. The first kappa shape index (κ1) is 13.6. The number of aromatic amines is 1. The number of anilines is 1. The Bertz CT molecular complexity index is 845. The van der Waals surface area contributed by atoms with E-state index in [9.17, 15) is 9.18 Å². The number of nitrogens with zero attached hydrogens (tertiary/aromatic N) is 2. The Hall–Kier alpha value is -2.83. The van der Waals surface area contributed by atoms with Crippen molar-refractivity contribution < 1.29 is 4.39 Å². The van der Waals surface area contributed by atoms with E-state index in [2.05, 4.69) is 4.98 Å². The predicted octanol–water partition coefficient (Wildman–Crippen LogP) is 2.16. The summed E-state index contributed by atoms with van der Waals surface area (Å²) >= 11 is 5.95. The quantitative estimate of drug-likeness (QED) is 0.838. The molecule has 1 aromatic heterocycles. The Balaban J connectivity index is 3.00. The fourth-order valence-electron chi connectivity index (χ4n) is 1.80. The second-order valence-corrected chi connectivity index (χ2v) is 4.25. The fraction of sp³-hybridized carbons (Fsp3) is 0. The molecule has 0 fully saturated rings. The van der Waals surface area contributed by atoms with Gasteiger partial charge in [0.25, 0.3) is 5.56 Å². The molecule has 98 valence electrons. The van der Waals surface area contributed by atoms with E-state index < -0.39 is 11.4 Å². The normalized spacial score (nSPS) is 9.80. The van der Waals surface area contributed by atoms with Crippen LogP contribution in [-0.4, -0.2) is 4.98 Å². The van der Waals surface area contributed by atoms with E-state index in [0.29, 0.717) is 0 Å². The molecule has 2 aromatic rings. The lowest BCUT2D eigenvalue weighted by Crippen LogP contribution is -2.16. The number of nitrogens with two attached hydrogens (primary N) is 1. The molecule has 0 unspecified atom stereocenters. The second-order valence-electron chi connectivity index (χ2n) is 3.84. The number of hydrogen-bond donors (Lipinski definition) is 2. The van der Waals surface area contributed by atoms with Crippen molar-refractivity contribution in [2.24, 2.45) is 0 Å². The molecule has 20 heavy (non-hydrogen) atoms. The van der Waals surface area contributed by atoms with Crippen molar-refractivity contribution in [2.45, 2.75) is 0 Å². The topological polar surface area (TPSA) is 106 Å². The van der Waals surface area contributed by atoms with Gasteiger partial charge in [-0.05, 0) is 18.2 Å². The van der Waals surface area contributed by atoms with Crippen molar-refractivity contribution in [1.82, 2.24) is 4.98 Å². The van der Waals surface area contributed by atoms with Gasteiger partial charge in [-0.1, -0.05) is 11.6 Å². The number of halogens is 2. The first-order valence-corrected chi connectivity index (χ1v) is 5.68.